The zero-order valence-electron chi connectivity index (χ0n) is 10.3. The average molecular weight is 326 g/mol. The van der Waals surface area contributed by atoms with Crippen LogP contribution >= 0.6 is 11.6 Å². The van der Waals surface area contributed by atoms with Gasteiger partial charge in [0.25, 0.3) is 0 Å². The van der Waals surface area contributed by atoms with Crippen LogP contribution in [-0.2, 0) is 4.79 Å². The molecule has 2 nitrogen and oxygen atoms in total. The normalized spacial score (nSPS) is 25.4. The molecule has 0 aliphatic heterocycles. The van der Waals surface area contributed by atoms with Crippen LogP contribution in [0.4, 0.5) is 26.3 Å². The summed E-state index contributed by atoms with van der Waals surface area (Å²) in [5, 5.41) is 1.16. The number of carbonyl (C=O) groups is 1. The Morgan fingerprint density at radius 3 is 2.00 bits per heavy atom. The average Bonchev–Trinajstić information content (AvgIpc) is 2.39. The summed E-state index contributed by atoms with van der Waals surface area (Å²) >= 11 is 5.89. The molecule has 1 saturated carbocycles. The van der Waals surface area contributed by atoms with Gasteiger partial charge in [0.1, 0.15) is 0 Å². The minimum absolute atomic E-state index is 0.280. The molecule has 0 saturated heterocycles. The van der Waals surface area contributed by atoms with Crippen molar-refractivity contribution in [1.29, 1.82) is 0 Å². The first kappa shape index (κ1) is 17.4. The smallest absolute Gasteiger partial charge is 0.351 e. The minimum Gasteiger partial charge on any atom is -0.351 e. The van der Waals surface area contributed by atoms with Gasteiger partial charge >= 0.3 is 12.4 Å². The number of carbonyl (C=O) groups excluding carboxylic acids is 1. The van der Waals surface area contributed by atoms with Gasteiger partial charge in [-0.2, -0.15) is 26.3 Å². The van der Waals surface area contributed by atoms with Crippen molar-refractivity contribution in [3.05, 3.63) is 0 Å². The Labute approximate surface area is 116 Å². The molecular formula is C11H14ClF6NO. The molecule has 20 heavy (non-hydrogen) atoms. The van der Waals surface area contributed by atoms with E-state index < -0.39 is 35.6 Å². The Morgan fingerprint density at radius 2 is 1.50 bits per heavy atom. The third-order valence-corrected chi connectivity index (χ3v) is 3.70. The third kappa shape index (κ3) is 4.71. The van der Waals surface area contributed by atoms with Crippen molar-refractivity contribution in [1.82, 2.24) is 5.32 Å². The molecule has 2 unspecified atom stereocenters. The standard InChI is InChI=1S/C11H14ClF6NO/c12-6-4-2-1-3-5-7(6)19-9(20)8(10(13,14)15)11(16,17)18/h6-8H,1-5H2,(H,19,20). The van der Waals surface area contributed by atoms with Gasteiger partial charge in [-0.3, -0.25) is 4.79 Å². The van der Waals surface area contributed by atoms with Gasteiger partial charge in [0.2, 0.25) is 11.8 Å². The van der Waals surface area contributed by atoms with Crippen molar-refractivity contribution >= 4 is 17.5 Å². The number of rotatable bonds is 2. The summed E-state index contributed by atoms with van der Waals surface area (Å²) in [5.41, 5.74) is 0. The van der Waals surface area contributed by atoms with E-state index in [0.29, 0.717) is 12.8 Å². The van der Waals surface area contributed by atoms with Crippen LogP contribution < -0.4 is 5.32 Å². The van der Waals surface area contributed by atoms with E-state index >= 15 is 0 Å². The van der Waals surface area contributed by atoms with E-state index in [0.717, 1.165) is 12.8 Å². The number of amides is 1. The van der Waals surface area contributed by atoms with E-state index in [1.807, 2.05) is 5.32 Å². The predicted molar refractivity (Wildman–Crippen MR) is 60.3 cm³/mol. The van der Waals surface area contributed by atoms with E-state index in [1.165, 1.54) is 0 Å². The lowest BCUT2D eigenvalue weighted by molar-refractivity contribution is -0.274. The second-order valence-corrected chi connectivity index (χ2v) is 5.35. The van der Waals surface area contributed by atoms with Crippen molar-refractivity contribution in [2.75, 3.05) is 0 Å². The highest BCUT2D eigenvalue weighted by Gasteiger charge is 2.61. The summed E-state index contributed by atoms with van der Waals surface area (Å²) in [6, 6.07) is -0.862. The maximum absolute atomic E-state index is 12.4. The van der Waals surface area contributed by atoms with Crippen LogP contribution in [0.5, 0.6) is 0 Å². The lowest BCUT2D eigenvalue weighted by Gasteiger charge is -2.26. The quantitative estimate of drug-likeness (QED) is 0.467. The van der Waals surface area contributed by atoms with Crippen LogP contribution in [0.3, 0.4) is 0 Å². The molecule has 0 radical (unpaired) electrons. The highest BCUT2D eigenvalue weighted by atomic mass is 35.5. The number of alkyl halides is 7. The molecule has 0 aromatic heterocycles. The van der Waals surface area contributed by atoms with E-state index in [9.17, 15) is 31.1 Å². The first-order valence-electron chi connectivity index (χ1n) is 6.11. The fourth-order valence-corrected chi connectivity index (χ4v) is 2.52. The van der Waals surface area contributed by atoms with Gasteiger partial charge in [-0.05, 0) is 12.8 Å². The molecule has 1 aliphatic carbocycles. The van der Waals surface area contributed by atoms with Crippen LogP contribution in [0.1, 0.15) is 32.1 Å². The molecule has 1 aliphatic rings. The highest BCUT2D eigenvalue weighted by Crippen LogP contribution is 2.39. The molecule has 0 aromatic rings. The topological polar surface area (TPSA) is 29.1 Å². The molecule has 0 heterocycles. The second-order valence-electron chi connectivity index (χ2n) is 4.79. The Hall–Kier alpha value is -0.660. The minimum atomic E-state index is -5.67. The van der Waals surface area contributed by atoms with Gasteiger partial charge in [-0.1, -0.05) is 19.3 Å². The molecule has 0 aromatic carbocycles. The van der Waals surface area contributed by atoms with Gasteiger partial charge in [-0.25, -0.2) is 0 Å². The summed E-state index contributed by atoms with van der Waals surface area (Å²) in [6.07, 6.45) is -8.47. The summed E-state index contributed by atoms with van der Waals surface area (Å²) in [5.74, 6) is -6.09. The molecule has 9 heteroatoms. The first-order valence-corrected chi connectivity index (χ1v) is 6.55. The highest BCUT2D eigenvalue weighted by molar-refractivity contribution is 6.21. The van der Waals surface area contributed by atoms with Crippen molar-refractivity contribution in [3.63, 3.8) is 0 Å². The largest absolute Gasteiger partial charge is 0.409 e. The Balaban J connectivity index is 2.80. The van der Waals surface area contributed by atoms with Gasteiger partial charge in [0.15, 0.2) is 0 Å². The number of halogens is 7. The zero-order valence-corrected chi connectivity index (χ0v) is 11.1. The molecule has 2 atom stereocenters. The molecule has 0 bridgehead atoms. The Bertz CT molecular complexity index is 329. The number of nitrogens with one attached hydrogen (secondary N) is 1. The molecular weight excluding hydrogens is 312 g/mol. The summed E-state index contributed by atoms with van der Waals surface area (Å²) in [6.45, 7) is 0. The summed E-state index contributed by atoms with van der Waals surface area (Å²) in [7, 11) is 0. The third-order valence-electron chi connectivity index (χ3n) is 3.18. The lowest BCUT2D eigenvalue weighted by atomic mass is 10.0. The molecule has 1 N–H and O–H groups in total. The van der Waals surface area contributed by atoms with E-state index in [1.54, 1.807) is 0 Å². The lowest BCUT2D eigenvalue weighted by Crippen LogP contribution is -2.52. The van der Waals surface area contributed by atoms with E-state index in [2.05, 4.69) is 0 Å². The zero-order chi connectivity index (χ0) is 15.6. The van der Waals surface area contributed by atoms with Crippen molar-refractivity contribution in [2.24, 2.45) is 5.92 Å². The van der Waals surface area contributed by atoms with E-state index in [4.69, 9.17) is 11.6 Å². The summed E-state index contributed by atoms with van der Waals surface area (Å²) in [4.78, 5) is 11.4. The molecule has 0 spiro atoms. The van der Waals surface area contributed by atoms with Gasteiger partial charge in [-0.15, -0.1) is 11.6 Å². The molecule has 1 rings (SSSR count). The fraction of sp³-hybridized carbons (Fsp3) is 0.909. The second kappa shape index (κ2) is 6.41. The van der Waals surface area contributed by atoms with Crippen LogP contribution in [0.2, 0.25) is 0 Å². The SMILES string of the molecule is O=C(NC1CCCCCC1Cl)C(C(F)(F)F)C(F)(F)F. The van der Waals surface area contributed by atoms with Gasteiger partial charge in [0.05, 0.1) is 5.38 Å². The van der Waals surface area contributed by atoms with Crippen LogP contribution in [0, 0.1) is 5.92 Å². The number of hydrogen-bond donors (Lipinski definition) is 1. The molecule has 1 amide bonds. The van der Waals surface area contributed by atoms with Crippen LogP contribution in [0.25, 0.3) is 0 Å². The van der Waals surface area contributed by atoms with Crippen molar-refractivity contribution in [2.45, 2.75) is 55.9 Å². The summed E-state index contributed by atoms with van der Waals surface area (Å²) < 4.78 is 74.3. The van der Waals surface area contributed by atoms with Crippen LogP contribution in [-0.4, -0.2) is 29.7 Å². The molecule has 1 fully saturated rings. The number of hydrogen-bond acceptors (Lipinski definition) is 1. The Morgan fingerprint density at radius 1 is 1.00 bits per heavy atom. The monoisotopic (exact) mass is 325 g/mol. The first-order chi connectivity index (χ1) is 9.03. The fourth-order valence-electron chi connectivity index (χ4n) is 2.17. The van der Waals surface area contributed by atoms with Crippen LogP contribution in [0.15, 0.2) is 0 Å². The predicted octanol–water partition coefficient (Wildman–Crippen LogP) is 3.78. The maximum atomic E-state index is 12.4. The van der Waals surface area contributed by atoms with E-state index in [-0.39, 0.29) is 6.42 Å². The maximum Gasteiger partial charge on any atom is 0.409 e. The van der Waals surface area contributed by atoms with Gasteiger partial charge < -0.3 is 5.32 Å². The van der Waals surface area contributed by atoms with Gasteiger partial charge in [0, 0.05) is 6.04 Å². The van der Waals surface area contributed by atoms with Crippen molar-refractivity contribution < 1.29 is 31.1 Å². The molecule has 118 valence electrons. The van der Waals surface area contributed by atoms with Crippen molar-refractivity contribution in [3.8, 4) is 0 Å². The Kier molecular flexibility index (Phi) is 5.57.